The summed E-state index contributed by atoms with van der Waals surface area (Å²) in [6, 6.07) is 1.14. The first-order valence-electron chi connectivity index (χ1n) is 3.03. The second-order valence-corrected chi connectivity index (χ2v) is 2.03. The van der Waals surface area contributed by atoms with Gasteiger partial charge in [0.1, 0.15) is 0 Å². The fourth-order valence-corrected chi connectivity index (χ4v) is 0.751. The van der Waals surface area contributed by atoms with Crippen molar-refractivity contribution in [1.82, 2.24) is 4.98 Å². The molecule has 6 heteroatoms. The van der Waals surface area contributed by atoms with Crippen molar-refractivity contribution in [2.75, 3.05) is 0 Å². The van der Waals surface area contributed by atoms with Gasteiger partial charge in [0, 0.05) is 12.4 Å². The van der Waals surface area contributed by atoms with Crippen molar-refractivity contribution < 1.29 is 40.1 Å². The fourth-order valence-electron chi connectivity index (χ4n) is 0.751. The van der Waals surface area contributed by atoms with Crippen LogP contribution in [-0.2, 0) is 0 Å². The molecule has 0 saturated carbocycles. The first-order valence-corrected chi connectivity index (χ1v) is 3.03. The van der Waals surface area contributed by atoms with Gasteiger partial charge in [-0.1, -0.05) is 0 Å². The number of hydrogen-bond acceptors (Lipinski definition) is 3. The minimum absolute atomic E-state index is 0. The summed E-state index contributed by atoms with van der Waals surface area (Å²) in [7, 11) is 0. The maximum Gasteiger partial charge on any atom is 1.00 e. The molecule has 0 spiro atoms. The van der Waals surface area contributed by atoms with E-state index in [0.717, 1.165) is 12.3 Å². The molecule has 0 aliphatic carbocycles. The van der Waals surface area contributed by atoms with Crippen molar-refractivity contribution in [3.63, 3.8) is 0 Å². The third kappa shape index (κ3) is 2.58. The van der Waals surface area contributed by atoms with E-state index < -0.39 is 11.9 Å². The van der Waals surface area contributed by atoms with Crippen LogP contribution >= 0.6 is 0 Å². The molecule has 13 heavy (non-hydrogen) atoms. The zero-order valence-electron chi connectivity index (χ0n) is 7.89. The van der Waals surface area contributed by atoms with E-state index in [0.29, 0.717) is 0 Å². The summed E-state index contributed by atoms with van der Waals surface area (Å²) in [6.45, 7) is 0. The molecule has 1 heterocycles. The van der Waals surface area contributed by atoms with Gasteiger partial charge in [-0.25, -0.2) is 9.59 Å². The molecule has 0 bridgehead atoms. The molecule has 1 aromatic heterocycles. The van der Waals surface area contributed by atoms with Gasteiger partial charge in [-0.05, 0) is 6.07 Å². The first-order chi connectivity index (χ1) is 5.63. The Morgan fingerprint density at radius 3 is 2.15 bits per heavy atom. The van der Waals surface area contributed by atoms with Crippen LogP contribution in [0.5, 0.6) is 0 Å². The summed E-state index contributed by atoms with van der Waals surface area (Å²) in [5, 5.41) is 17.0. The zero-order valence-corrected chi connectivity index (χ0v) is 6.89. The Hall–Kier alpha value is -1.31. The molecule has 2 N–H and O–H groups in total. The number of carboxylic acid groups (broad SMARTS) is 2. The molecule has 0 radical (unpaired) electrons. The number of aromatic nitrogens is 1. The van der Waals surface area contributed by atoms with Gasteiger partial charge in [-0.3, -0.25) is 4.98 Å². The summed E-state index contributed by atoms with van der Waals surface area (Å²) >= 11 is 0. The van der Waals surface area contributed by atoms with Crippen LogP contribution in [0.25, 0.3) is 0 Å². The molecule has 0 unspecified atom stereocenters. The van der Waals surface area contributed by atoms with Gasteiger partial charge in [0.15, 0.2) is 0 Å². The van der Waals surface area contributed by atoms with Gasteiger partial charge in [0.25, 0.3) is 0 Å². The largest absolute Gasteiger partial charge is 1.00 e. The Balaban J connectivity index is 0. The van der Waals surface area contributed by atoms with E-state index >= 15 is 0 Å². The van der Waals surface area contributed by atoms with Crippen LogP contribution in [0.2, 0.25) is 0 Å². The van der Waals surface area contributed by atoms with E-state index in [1.54, 1.807) is 0 Å². The van der Waals surface area contributed by atoms with Gasteiger partial charge in [-0.2, -0.15) is 0 Å². The zero-order chi connectivity index (χ0) is 9.14. The Bertz CT molecular complexity index is 311. The number of carbonyl (C=O) groups is 2. The van der Waals surface area contributed by atoms with Gasteiger partial charge in [0.2, 0.25) is 0 Å². The second kappa shape index (κ2) is 4.65. The number of aromatic carboxylic acids is 2. The first kappa shape index (κ1) is 11.7. The molecule has 1 aromatic rings. The van der Waals surface area contributed by atoms with Crippen LogP contribution in [0, 0.1) is 0 Å². The average molecular weight is 175 g/mol. The monoisotopic (exact) mass is 175 g/mol. The van der Waals surface area contributed by atoms with Crippen molar-refractivity contribution in [1.29, 1.82) is 0 Å². The Labute approximate surface area is 87.1 Å². The third-order valence-electron chi connectivity index (χ3n) is 1.28. The number of hydrogen-bond donors (Lipinski definition) is 2. The van der Waals surface area contributed by atoms with Gasteiger partial charge < -0.3 is 11.6 Å². The Morgan fingerprint density at radius 1 is 1.23 bits per heavy atom. The third-order valence-corrected chi connectivity index (χ3v) is 1.28. The maximum atomic E-state index is 10.4. The van der Waals surface area contributed by atoms with Gasteiger partial charge >= 0.3 is 30.8 Å². The smallest absolute Gasteiger partial charge is 1.00 e. The predicted octanol–water partition coefficient (Wildman–Crippen LogP) is -2.41. The molecule has 5 nitrogen and oxygen atoms in total. The predicted molar refractivity (Wildman–Crippen MR) is 39.3 cm³/mol. The quantitative estimate of drug-likeness (QED) is 0.489. The number of nitrogens with zero attached hydrogens (tertiary/aromatic N) is 1. The van der Waals surface area contributed by atoms with Crippen LogP contribution in [0.1, 0.15) is 22.1 Å². The molecule has 0 aromatic carbocycles. The van der Waals surface area contributed by atoms with E-state index in [2.05, 4.69) is 4.98 Å². The van der Waals surface area contributed by atoms with Crippen molar-refractivity contribution in [3.8, 4) is 0 Å². The number of rotatable bonds is 2. The molecule has 64 valence electrons. The SMILES string of the molecule is O=C(O)c1ccncc1C(=O)O.[H-].[Li+]. The molecule has 0 fully saturated rings. The summed E-state index contributed by atoms with van der Waals surface area (Å²) < 4.78 is 0. The fraction of sp³-hybridized carbons (Fsp3) is 0. The average Bonchev–Trinajstić information content (AvgIpc) is 2.04. The van der Waals surface area contributed by atoms with E-state index in [1.807, 2.05) is 0 Å². The van der Waals surface area contributed by atoms with Gasteiger partial charge in [-0.15, -0.1) is 0 Å². The topological polar surface area (TPSA) is 87.5 Å². The van der Waals surface area contributed by atoms with Crippen molar-refractivity contribution >= 4 is 11.9 Å². The van der Waals surface area contributed by atoms with Crippen LogP contribution in [0.15, 0.2) is 18.5 Å². The van der Waals surface area contributed by atoms with Crippen LogP contribution in [0.4, 0.5) is 0 Å². The van der Waals surface area contributed by atoms with Gasteiger partial charge in [0.05, 0.1) is 11.1 Å². The van der Waals surface area contributed by atoms with Crippen molar-refractivity contribution in [3.05, 3.63) is 29.6 Å². The van der Waals surface area contributed by atoms with Crippen molar-refractivity contribution in [2.24, 2.45) is 0 Å². The molecule has 0 saturated heterocycles. The second-order valence-electron chi connectivity index (χ2n) is 2.03. The van der Waals surface area contributed by atoms with E-state index in [-0.39, 0.29) is 31.4 Å². The molecule has 0 amide bonds. The summed E-state index contributed by atoms with van der Waals surface area (Å²) in [6.07, 6.45) is 2.24. The molecular weight excluding hydrogens is 169 g/mol. The standard InChI is InChI=1S/C7H5NO4.Li.H/c9-6(10)4-1-2-8-3-5(4)7(11)12;;/h1-3H,(H,9,10)(H,11,12);;/q;+1;-1. The summed E-state index contributed by atoms with van der Waals surface area (Å²) in [5.74, 6) is -2.56. The normalized spacial score (nSPS) is 8.62. The summed E-state index contributed by atoms with van der Waals surface area (Å²) in [4.78, 5) is 24.4. The van der Waals surface area contributed by atoms with Crippen LogP contribution in [-0.4, -0.2) is 27.1 Å². The minimum atomic E-state index is -1.29. The summed E-state index contributed by atoms with van der Waals surface area (Å²) in [5.41, 5.74) is -0.553. The van der Waals surface area contributed by atoms with E-state index in [4.69, 9.17) is 10.2 Å². The Morgan fingerprint density at radius 2 is 1.77 bits per heavy atom. The molecular formula is C7H6LiNO4. The molecule has 0 aliphatic rings. The van der Waals surface area contributed by atoms with E-state index in [1.165, 1.54) is 6.20 Å². The maximum absolute atomic E-state index is 10.4. The minimum Gasteiger partial charge on any atom is -1.00 e. The molecule has 0 aliphatic heterocycles. The molecule has 1 rings (SSSR count). The molecule has 0 atom stereocenters. The van der Waals surface area contributed by atoms with Crippen LogP contribution < -0.4 is 18.9 Å². The Kier molecular flexibility index (Phi) is 4.18. The number of pyridine rings is 1. The number of carboxylic acids is 2. The van der Waals surface area contributed by atoms with Crippen LogP contribution in [0.3, 0.4) is 0 Å². The van der Waals surface area contributed by atoms with E-state index in [9.17, 15) is 9.59 Å². The van der Waals surface area contributed by atoms with Crippen molar-refractivity contribution in [2.45, 2.75) is 0 Å².